The molecule has 0 saturated heterocycles. The minimum atomic E-state index is 0.344. The normalized spacial score (nSPS) is 10.2. The van der Waals surface area contributed by atoms with E-state index in [0.29, 0.717) is 11.4 Å². The van der Waals surface area contributed by atoms with E-state index in [2.05, 4.69) is 16.7 Å². The Hall–Kier alpha value is -1.77. The zero-order valence-corrected chi connectivity index (χ0v) is 7.49. The average Bonchev–Trinajstić information content (AvgIpc) is 2.14. The molecular weight excluding hydrogens is 162 g/mol. The molecule has 0 aliphatic carbocycles. The molecule has 1 rings (SSSR count). The van der Waals surface area contributed by atoms with Gasteiger partial charge in [-0.3, -0.25) is 15.4 Å². The van der Waals surface area contributed by atoms with Gasteiger partial charge >= 0.3 is 0 Å². The third kappa shape index (κ3) is 2.63. The van der Waals surface area contributed by atoms with Gasteiger partial charge in [-0.1, -0.05) is 6.07 Å². The number of rotatable bonds is 3. The van der Waals surface area contributed by atoms with Crippen molar-refractivity contribution in [1.82, 2.24) is 4.98 Å². The number of nitrogens with one attached hydrogen (secondary N) is 1. The van der Waals surface area contributed by atoms with E-state index < -0.39 is 0 Å². The molecule has 1 N–H and O–H groups in total. The summed E-state index contributed by atoms with van der Waals surface area (Å²) in [7, 11) is 0. The van der Waals surface area contributed by atoms with Crippen molar-refractivity contribution in [3.8, 4) is 0 Å². The van der Waals surface area contributed by atoms with E-state index >= 15 is 0 Å². The fourth-order valence-corrected chi connectivity index (χ4v) is 0.906. The fraction of sp³-hybridized carbons (Fsp3) is 0.100. The summed E-state index contributed by atoms with van der Waals surface area (Å²) in [5.41, 5.74) is 1.90. The Morgan fingerprint density at radius 3 is 3.00 bits per heavy atom. The second kappa shape index (κ2) is 4.30. The summed E-state index contributed by atoms with van der Waals surface area (Å²) in [5.74, 6) is 0. The summed E-state index contributed by atoms with van der Waals surface area (Å²) in [6.07, 6.45) is 3.04. The number of pyridine rings is 1. The van der Waals surface area contributed by atoms with E-state index in [1.54, 1.807) is 12.1 Å². The lowest BCUT2D eigenvalue weighted by Crippen LogP contribution is -1.98. The van der Waals surface area contributed by atoms with Crippen LogP contribution in [0.15, 0.2) is 35.5 Å². The third-order valence-electron chi connectivity index (χ3n) is 1.51. The molecule has 0 spiro atoms. The van der Waals surface area contributed by atoms with E-state index in [-0.39, 0.29) is 0 Å². The van der Waals surface area contributed by atoms with Crippen LogP contribution in [0.2, 0.25) is 0 Å². The van der Waals surface area contributed by atoms with Gasteiger partial charge in [0, 0.05) is 11.9 Å². The van der Waals surface area contributed by atoms with Crippen LogP contribution in [0.5, 0.6) is 0 Å². The quantitative estimate of drug-likeness (QED) is 0.698. The Labute approximate surface area is 77.4 Å². The van der Waals surface area contributed by atoms with Crippen LogP contribution in [0.25, 0.3) is 0 Å². The molecule has 0 atom stereocenters. The molecule has 3 nitrogen and oxygen atoms in total. The van der Waals surface area contributed by atoms with Gasteiger partial charge in [0.15, 0.2) is 0 Å². The maximum Gasteiger partial charge on any atom is 0.0882 e. The maximum atomic E-state index is 7.59. The van der Waals surface area contributed by atoms with Crippen molar-refractivity contribution >= 4 is 12.4 Å². The van der Waals surface area contributed by atoms with Crippen molar-refractivity contribution in [2.45, 2.75) is 6.92 Å². The number of hydrogen-bond acceptors (Lipinski definition) is 3. The Morgan fingerprint density at radius 2 is 2.38 bits per heavy atom. The number of allylic oxidation sites excluding steroid dienone is 1. The zero-order valence-electron chi connectivity index (χ0n) is 7.49. The summed E-state index contributed by atoms with van der Waals surface area (Å²) < 4.78 is 0. The van der Waals surface area contributed by atoms with E-state index in [1.807, 2.05) is 19.1 Å². The first-order valence-corrected chi connectivity index (χ1v) is 3.89. The second-order valence-electron chi connectivity index (χ2n) is 2.58. The van der Waals surface area contributed by atoms with Crippen LogP contribution in [0.3, 0.4) is 0 Å². The van der Waals surface area contributed by atoms with Crippen LogP contribution < -0.4 is 0 Å². The molecule has 0 radical (unpaired) electrons. The number of aliphatic imine (C=N–C) groups is 1. The lowest BCUT2D eigenvalue weighted by Gasteiger charge is -1.97. The van der Waals surface area contributed by atoms with E-state index in [0.717, 1.165) is 5.69 Å². The minimum Gasteiger partial charge on any atom is -0.299 e. The van der Waals surface area contributed by atoms with Crippen LogP contribution in [-0.2, 0) is 0 Å². The molecule has 0 amide bonds. The van der Waals surface area contributed by atoms with Gasteiger partial charge < -0.3 is 0 Å². The van der Waals surface area contributed by atoms with Crippen LogP contribution >= 0.6 is 0 Å². The number of nitrogens with zero attached hydrogens (tertiary/aromatic N) is 2. The predicted molar refractivity (Wildman–Crippen MR) is 54.5 cm³/mol. The lowest BCUT2D eigenvalue weighted by molar-refractivity contribution is 1.17. The van der Waals surface area contributed by atoms with Gasteiger partial charge in [0.25, 0.3) is 0 Å². The van der Waals surface area contributed by atoms with Gasteiger partial charge in [-0.2, -0.15) is 0 Å². The topological polar surface area (TPSA) is 49.1 Å². The fourth-order valence-electron chi connectivity index (χ4n) is 0.906. The summed E-state index contributed by atoms with van der Waals surface area (Å²) in [6.45, 7) is 5.19. The van der Waals surface area contributed by atoms with Crippen LogP contribution in [-0.4, -0.2) is 17.4 Å². The maximum absolute atomic E-state index is 7.59. The molecule has 0 fully saturated rings. The van der Waals surface area contributed by atoms with Gasteiger partial charge in [0.1, 0.15) is 0 Å². The second-order valence-corrected chi connectivity index (χ2v) is 2.58. The van der Waals surface area contributed by atoms with Gasteiger partial charge in [-0.25, -0.2) is 0 Å². The van der Waals surface area contributed by atoms with Gasteiger partial charge in [-0.15, -0.1) is 0 Å². The van der Waals surface area contributed by atoms with Crippen LogP contribution in [0.4, 0.5) is 0 Å². The molecular formula is C10H11N3. The Balaban J connectivity index is 2.89. The highest BCUT2D eigenvalue weighted by molar-refractivity contribution is 6.04. The van der Waals surface area contributed by atoms with Crippen molar-refractivity contribution in [1.29, 1.82) is 5.41 Å². The minimum absolute atomic E-state index is 0.344. The molecule has 0 aliphatic rings. The zero-order chi connectivity index (χ0) is 9.68. The monoisotopic (exact) mass is 173 g/mol. The molecule has 0 aromatic carbocycles. The Kier molecular flexibility index (Phi) is 3.09. The Morgan fingerprint density at radius 1 is 1.62 bits per heavy atom. The molecule has 1 aromatic rings. The lowest BCUT2D eigenvalue weighted by atomic mass is 10.2. The largest absolute Gasteiger partial charge is 0.299 e. The van der Waals surface area contributed by atoms with Crippen LogP contribution in [0, 0.1) is 12.3 Å². The first kappa shape index (κ1) is 9.32. The van der Waals surface area contributed by atoms with Crippen molar-refractivity contribution in [2.24, 2.45) is 4.99 Å². The van der Waals surface area contributed by atoms with Gasteiger partial charge in [-0.05, 0) is 31.9 Å². The highest BCUT2D eigenvalue weighted by Gasteiger charge is 1.97. The summed E-state index contributed by atoms with van der Waals surface area (Å²) >= 11 is 0. The van der Waals surface area contributed by atoms with E-state index in [1.165, 1.54) is 6.20 Å². The molecule has 0 bridgehead atoms. The smallest absolute Gasteiger partial charge is 0.0882 e. The van der Waals surface area contributed by atoms with E-state index in [4.69, 9.17) is 5.41 Å². The highest BCUT2D eigenvalue weighted by atomic mass is 14.7. The van der Waals surface area contributed by atoms with Crippen molar-refractivity contribution in [2.75, 3.05) is 0 Å². The highest BCUT2D eigenvalue weighted by Crippen LogP contribution is 1.99. The van der Waals surface area contributed by atoms with Gasteiger partial charge in [0.05, 0.1) is 11.4 Å². The van der Waals surface area contributed by atoms with Crippen LogP contribution in [0.1, 0.15) is 11.4 Å². The summed E-state index contributed by atoms with van der Waals surface area (Å²) in [6, 6.07) is 5.57. The molecule has 3 heteroatoms. The Bertz CT molecular complexity index is 353. The van der Waals surface area contributed by atoms with E-state index in [9.17, 15) is 0 Å². The number of aromatic nitrogens is 1. The number of aryl methyl sites for hydroxylation is 1. The summed E-state index contributed by atoms with van der Waals surface area (Å²) in [5, 5.41) is 7.59. The molecule has 1 heterocycles. The molecule has 0 aliphatic heterocycles. The summed E-state index contributed by atoms with van der Waals surface area (Å²) in [4.78, 5) is 7.71. The first-order valence-electron chi connectivity index (χ1n) is 3.89. The van der Waals surface area contributed by atoms with Crippen molar-refractivity contribution in [3.05, 3.63) is 41.9 Å². The molecule has 0 unspecified atom stereocenters. The molecule has 66 valence electrons. The van der Waals surface area contributed by atoms with Gasteiger partial charge in [0.2, 0.25) is 0 Å². The average molecular weight is 173 g/mol. The molecule has 0 saturated carbocycles. The van der Waals surface area contributed by atoms with Crippen molar-refractivity contribution < 1.29 is 0 Å². The predicted octanol–water partition coefficient (Wildman–Crippen LogP) is 1.97. The van der Waals surface area contributed by atoms with Crippen molar-refractivity contribution in [3.63, 3.8) is 0 Å². The molecule has 13 heavy (non-hydrogen) atoms. The standard InChI is InChI=1S/C10H11N3/c1-8-4-3-5-10(13-8)9(11)6-7-12-2/h3-7,11H,2H2,1H3/b7-6-,11-9?. The molecule has 1 aromatic heterocycles. The first-order chi connectivity index (χ1) is 6.24. The SMILES string of the molecule is C=N/C=C\C(=N)c1cccc(C)n1. The number of hydrogen-bond donors (Lipinski definition) is 1. The third-order valence-corrected chi connectivity index (χ3v) is 1.51.